The first kappa shape index (κ1) is 27.8. The summed E-state index contributed by atoms with van der Waals surface area (Å²) in [7, 11) is 0. The second kappa shape index (κ2) is 14.7. The lowest BCUT2D eigenvalue weighted by atomic mass is 10.0. The van der Waals surface area contributed by atoms with Gasteiger partial charge in [-0.05, 0) is 41.3 Å². The Bertz CT molecular complexity index is 1130. The van der Waals surface area contributed by atoms with Crippen LogP contribution in [0.5, 0.6) is 0 Å². The molecule has 3 rings (SSSR count). The lowest BCUT2D eigenvalue weighted by Crippen LogP contribution is -2.51. The lowest BCUT2D eigenvalue weighted by Gasteiger charge is -2.31. The summed E-state index contributed by atoms with van der Waals surface area (Å²) in [6, 6.07) is 22.9. The molecule has 0 fully saturated rings. The highest BCUT2D eigenvalue weighted by Crippen LogP contribution is 2.21. The maximum Gasteiger partial charge on any atom is 0.243 e. The number of carbonyl (C=O) groups is 2. The fraction of sp³-hybridized carbons (Fsp3) is 0.310. The van der Waals surface area contributed by atoms with Gasteiger partial charge >= 0.3 is 0 Å². The summed E-state index contributed by atoms with van der Waals surface area (Å²) in [6.45, 7) is 2.87. The van der Waals surface area contributed by atoms with Gasteiger partial charge in [0.25, 0.3) is 0 Å². The van der Waals surface area contributed by atoms with E-state index in [-0.39, 0.29) is 29.9 Å². The summed E-state index contributed by atoms with van der Waals surface area (Å²) in [5, 5.41) is 3.58. The van der Waals surface area contributed by atoms with E-state index in [4.69, 9.17) is 11.6 Å². The third-order valence-corrected chi connectivity index (χ3v) is 6.98. The standard InChI is InChI=1S/C29H32ClFN2O2S/c1-2-3-16-32-29(35)27(18-22-10-5-4-6-11-22)33(19-23-12-9-14-25(30)17-23)28(34)21-36-20-24-13-7-8-15-26(24)31/h4-15,17,27H,2-3,16,18-21H2,1H3,(H,32,35)/t27-/m0/s1. The van der Waals surface area contributed by atoms with E-state index >= 15 is 0 Å². The Kier molecular flexibility index (Phi) is 11.3. The van der Waals surface area contributed by atoms with Gasteiger partial charge in [0.15, 0.2) is 0 Å². The molecule has 1 N–H and O–H groups in total. The molecule has 0 aromatic heterocycles. The van der Waals surface area contributed by atoms with Crippen molar-refractivity contribution in [2.45, 2.75) is 44.5 Å². The van der Waals surface area contributed by atoms with Gasteiger partial charge in [0, 0.05) is 30.3 Å². The molecule has 7 heteroatoms. The highest BCUT2D eigenvalue weighted by atomic mass is 35.5. The maximum absolute atomic E-state index is 14.0. The molecule has 3 aromatic rings. The first-order valence-electron chi connectivity index (χ1n) is 12.1. The molecule has 0 unspecified atom stereocenters. The number of thioether (sulfide) groups is 1. The molecule has 2 amide bonds. The molecule has 0 aliphatic rings. The summed E-state index contributed by atoms with van der Waals surface area (Å²) in [5.74, 6) is -0.145. The molecule has 0 aliphatic carbocycles. The molecule has 36 heavy (non-hydrogen) atoms. The van der Waals surface area contributed by atoms with Crippen LogP contribution in [0.15, 0.2) is 78.9 Å². The van der Waals surface area contributed by atoms with E-state index in [1.165, 1.54) is 17.8 Å². The molecule has 0 heterocycles. The Morgan fingerprint density at radius 1 is 1.00 bits per heavy atom. The van der Waals surface area contributed by atoms with Crippen LogP contribution in [0, 0.1) is 5.82 Å². The molecule has 3 aromatic carbocycles. The quantitative estimate of drug-likeness (QED) is 0.267. The zero-order valence-electron chi connectivity index (χ0n) is 20.5. The third kappa shape index (κ3) is 8.68. The summed E-state index contributed by atoms with van der Waals surface area (Å²) in [4.78, 5) is 28.6. The Balaban J connectivity index is 1.84. The van der Waals surface area contributed by atoms with E-state index in [0.29, 0.717) is 29.3 Å². The molecule has 1 atom stereocenters. The average molecular weight is 527 g/mol. The van der Waals surface area contributed by atoms with E-state index in [0.717, 1.165) is 24.0 Å². The van der Waals surface area contributed by atoms with Crippen LogP contribution in [-0.2, 0) is 28.3 Å². The van der Waals surface area contributed by atoms with Gasteiger partial charge in [-0.15, -0.1) is 11.8 Å². The number of carbonyl (C=O) groups excluding carboxylic acids is 2. The average Bonchev–Trinajstić information content (AvgIpc) is 2.88. The van der Waals surface area contributed by atoms with Crippen molar-refractivity contribution in [3.05, 3.63) is 106 Å². The molecular formula is C29H32ClFN2O2S. The topological polar surface area (TPSA) is 49.4 Å². The number of benzene rings is 3. The minimum Gasteiger partial charge on any atom is -0.354 e. The molecule has 190 valence electrons. The van der Waals surface area contributed by atoms with E-state index < -0.39 is 6.04 Å². The van der Waals surface area contributed by atoms with Gasteiger partial charge in [-0.2, -0.15) is 0 Å². The van der Waals surface area contributed by atoms with E-state index in [1.807, 2.05) is 48.5 Å². The Labute approximate surface area is 222 Å². The minimum absolute atomic E-state index is 0.127. The second-order valence-electron chi connectivity index (χ2n) is 8.59. The fourth-order valence-electron chi connectivity index (χ4n) is 3.84. The number of unbranched alkanes of at least 4 members (excludes halogenated alkanes) is 1. The molecule has 0 saturated carbocycles. The van der Waals surface area contributed by atoms with E-state index in [2.05, 4.69) is 12.2 Å². The molecule has 0 bridgehead atoms. The zero-order valence-corrected chi connectivity index (χ0v) is 22.0. The molecule has 4 nitrogen and oxygen atoms in total. The first-order valence-corrected chi connectivity index (χ1v) is 13.7. The smallest absolute Gasteiger partial charge is 0.243 e. The third-order valence-electron chi connectivity index (χ3n) is 5.78. The van der Waals surface area contributed by atoms with Crippen LogP contribution in [0.1, 0.15) is 36.5 Å². The van der Waals surface area contributed by atoms with Crippen LogP contribution in [0.25, 0.3) is 0 Å². The molecule has 0 spiro atoms. The predicted molar refractivity (Wildman–Crippen MR) is 146 cm³/mol. The molecule has 0 radical (unpaired) electrons. The minimum atomic E-state index is -0.690. The van der Waals surface area contributed by atoms with Crippen LogP contribution in [0.2, 0.25) is 5.02 Å². The first-order chi connectivity index (χ1) is 17.5. The van der Waals surface area contributed by atoms with Crippen molar-refractivity contribution < 1.29 is 14.0 Å². The van der Waals surface area contributed by atoms with Gasteiger partial charge in [0.2, 0.25) is 11.8 Å². The number of nitrogens with zero attached hydrogens (tertiary/aromatic N) is 1. The fourth-order valence-corrected chi connectivity index (χ4v) is 4.95. The van der Waals surface area contributed by atoms with E-state index in [1.54, 1.807) is 29.2 Å². The number of halogens is 2. The van der Waals surface area contributed by atoms with Gasteiger partial charge in [-0.3, -0.25) is 9.59 Å². The van der Waals surface area contributed by atoms with Crippen molar-refractivity contribution in [3.8, 4) is 0 Å². The highest BCUT2D eigenvalue weighted by molar-refractivity contribution is 7.99. The normalized spacial score (nSPS) is 11.6. The number of amides is 2. The Morgan fingerprint density at radius 2 is 1.72 bits per heavy atom. The molecular weight excluding hydrogens is 495 g/mol. The Morgan fingerprint density at radius 3 is 2.44 bits per heavy atom. The van der Waals surface area contributed by atoms with Crippen molar-refractivity contribution in [1.82, 2.24) is 10.2 Å². The number of rotatable bonds is 13. The van der Waals surface area contributed by atoms with Crippen molar-refractivity contribution in [3.63, 3.8) is 0 Å². The van der Waals surface area contributed by atoms with Gasteiger partial charge in [-0.1, -0.05) is 85.6 Å². The van der Waals surface area contributed by atoms with E-state index in [9.17, 15) is 14.0 Å². The van der Waals surface area contributed by atoms with Crippen molar-refractivity contribution in [2.24, 2.45) is 0 Å². The number of nitrogens with one attached hydrogen (secondary N) is 1. The molecule has 0 aliphatic heterocycles. The summed E-state index contributed by atoms with van der Waals surface area (Å²) < 4.78 is 14.0. The SMILES string of the molecule is CCCCNC(=O)[C@H](Cc1ccccc1)N(Cc1cccc(Cl)c1)C(=O)CSCc1ccccc1F. The van der Waals surface area contributed by atoms with Gasteiger partial charge in [0.1, 0.15) is 11.9 Å². The van der Waals surface area contributed by atoms with Crippen molar-refractivity contribution in [2.75, 3.05) is 12.3 Å². The monoisotopic (exact) mass is 526 g/mol. The van der Waals surface area contributed by atoms with Crippen molar-refractivity contribution in [1.29, 1.82) is 0 Å². The van der Waals surface area contributed by atoms with Gasteiger partial charge < -0.3 is 10.2 Å². The van der Waals surface area contributed by atoms with Crippen molar-refractivity contribution >= 4 is 35.2 Å². The lowest BCUT2D eigenvalue weighted by molar-refractivity contribution is -0.139. The number of hydrogen-bond donors (Lipinski definition) is 1. The Hall–Kier alpha value is -2.83. The van der Waals surface area contributed by atoms with Crippen LogP contribution < -0.4 is 5.32 Å². The summed E-state index contributed by atoms with van der Waals surface area (Å²) in [6.07, 6.45) is 2.22. The second-order valence-corrected chi connectivity index (χ2v) is 10.0. The van der Waals surface area contributed by atoms with Gasteiger partial charge in [0.05, 0.1) is 5.75 Å². The zero-order chi connectivity index (χ0) is 25.8. The van der Waals surface area contributed by atoms with Gasteiger partial charge in [-0.25, -0.2) is 4.39 Å². The largest absolute Gasteiger partial charge is 0.354 e. The van der Waals surface area contributed by atoms with Crippen LogP contribution >= 0.6 is 23.4 Å². The van der Waals surface area contributed by atoms with Crippen LogP contribution in [0.3, 0.4) is 0 Å². The van der Waals surface area contributed by atoms with Crippen LogP contribution in [-0.4, -0.2) is 35.1 Å². The molecule has 0 saturated heterocycles. The summed E-state index contributed by atoms with van der Waals surface area (Å²) >= 11 is 7.55. The highest BCUT2D eigenvalue weighted by Gasteiger charge is 2.30. The van der Waals surface area contributed by atoms with Crippen LogP contribution in [0.4, 0.5) is 4.39 Å². The maximum atomic E-state index is 14.0. The summed E-state index contributed by atoms with van der Waals surface area (Å²) in [5.41, 5.74) is 2.36. The number of hydrogen-bond acceptors (Lipinski definition) is 3. The predicted octanol–water partition coefficient (Wildman–Crippen LogP) is 6.27.